The lowest BCUT2D eigenvalue weighted by atomic mass is 10.1. The number of phenols is 1. The van der Waals surface area contributed by atoms with Crippen molar-refractivity contribution in [2.45, 2.75) is 13.8 Å². The maximum Gasteiger partial charge on any atom is 0.326 e. The highest BCUT2D eigenvalue weighted by atomic mass is 16.5. The normalized spacial score (nSPS) is 10.7. The molecule has 0 aliphatic heterocycles. The minimum absolute atomic E-state index is 0.0756. The summed E-state index contributed by atoms with van der Waals surface area (Å²) >= 11 is 0. The first-order valence-corrected chi connectivity index (χ1v) is 7.47. The second kappa shape index (κ2) is 6.04. The molecule has 0 amide bonds. The molecule has 1 heterocycles. The van der Waals surface area contributed by atoms with Gasteiger partial charge in [0.1, 0.15) is 0 Å². The zero-order valence-electron chi connectivity index (χ0n) is 13.1. The SMILES string of the molecule is CCOc1cc(-c2[nH]c(-c3ccccc3)c(C)[n+]2O)ccc1O. The van der Waals surface area contributed by atoms with E-state index in [4.69, 9.17) is 4.74 Å². The number of hydrogen-bond donors (Lipinski definition) is 3. The van der Waals surface area contributed by atoms with Crippen molar-refractivity contribution in [2.24, 2.45) is 0 Å². The highest BCUT2D eigenvalue weighted by molar-refractivity contribution is 5.66. The summed E-state index contributed by atoms with van der Waals surface area (Å²) in [6, 6.07) is 14.8. The van der Waals surface area contributed by atoms with Crippen molar-refractivity contribution in [2.75, 3.05) is 6.61 Å². The quantitative estimate of drug-likeness (QED) is 0.511. The molecule has 0 aliphatic rings. The van der Waals surface area contributed by atoms with Crippen molar-refractivity contribution >= 4 is 0 Å². The van der Waals surface area contributed by atoms with Crippen LogP contribution in [-0.4, -0.2) is 21.9 Å². The number of imidazole rings is 1. The topological polar surface area (TPSA) is 69.4 Å². The van der Waals surface area contributed by atoms with Crippen LogP contribution in [0, 0.1) is 6.92 Å². The number of ether oxygens (including phenoxy) is 1. The molecule has 23 heavy (non-hydrogen) atoms. The monoisotopic (exact) mass is 311 g/mol. The predicted molar refractivity (Wildman–Crippen MR) is 86.6 cm³/mol. The highest BCUT2D eigenvalue weighted by Gasteiger charge is 2.24. The molecule has 2 aromatic carbocycles. The van der Waals surface area contributed by atoms with Gasteiger partial charge in [-0.1, -0.05) is 30.3 Å². The minimum Gasteiger partial charge on any atom is -0.504 e. The standard InChI is InChI=1S/C18H18N2O3/c1-3-23-16-11-14(9-10-15(16)21)18-19-17(12(2)20(18)22)13-7-5-4-6-8-13/h4-11,22H,3H2,1-2H3,(H,19,21)/p+1. The lowest BCUT2D eigenvalue weighted by Gasteiger charge is -2.06. The Labute approximate surface area is 134 Å². The van der Waals surface area contributed by atoms with Crippen molar-refractivity contribution in [3.63, 3.8) is 0 Å². The maximum atomic E-state index is 10.4. The van der Waals surface area contributed by atoms with Crippen molar-refractivity contribution in [3.8, 4) is 34.1 Å². The molecule has 0 unspecified atom stereocenters. The summed E-state index contributed by atoms with van der Waals surface area (Å²) < 4.78 is 6.52. The molecule has 0 spiro atoms. The fraction of sp³-hybridized carbons (Fsp3) is 0.167. The average molecular weight is 311 g/mol. The molecule has 3 rings (SSSR count). The summed E-state index contributed by atoms with van der Waals surface area (Å²) in [5.74, 6) is 0.993. The van der Waals surface area contributed by atoms with Crippen LogP contribution in [0.5, 0.6) is 11.5 Å². The maximum absolute atomic E-state index is 10.4. The molecule has 5 nitrogen and oxygen atoms in total. The molecule has 3 N–H and O–H groups in total. The Morgan fingerprint density at radius 2 is 1.83 bits per heavy atom. The Kier molecular flexibility index (Phi) is 3.93. The summed E-state index contributed by atoms with van der Waals surface area (Å²) in [5, 5.41) is 20.2. The lowest BCUT2D eigenvalue weighted by molar-refractivity contribution is -0.899. The Bertz CT molecular complexity index is 826. The van der Waals surface area contributed by atoms with Crippen LogP contribution < -0.4 is 9.47 Å². The number of H-pyrrole nitrogens is 1. The first-order chi connectivity index (χ1) is 11.1. The van der Waals surface area contributed by atoms with Gasteiger partial charge in [-0.25, -0.2) is 4.98 Å². The zero-order valence-corrected chi connectivity index (χ0v) is 13.1. The third-order valence-corrected chi connectivity index (χ3v) is 3.73. The fourth-order valence-corrected chi connectivity index (χ4v) is 2.55. The van der Waals surface area contributed by atoms with Crippen LogP contribution in [0.15, 0.2) is 48.5 Å². The number of aromatic nitrogens is 2. The number of benzene rings is 2. The van der Waals surface area contributed by atoms with E-state index in [0.29, 0.717) is 23.9 Å². The summed E-state index contributed by atoms with van der Waals surface area (Å²) in [6.07, 6.45) is 0. The number of rotatable bonds is 4. The summed E-state index contributed by atoms with van der Waals surface area (Å²) in [5.41, 5.74) is 3.26. The summed E-state index contributed by atoms with van der Waals surface area (Å²) in [6.45, 7) is 4.14. The predicted octanol–water partition coefficient (Wildman–Crippen LogP) is 3.29. The van der Waals surface area contributed by atoms with Crippen LogP contribution in [0.3, 0.4) is 0 Å². The van der Waals surface area contributed by atoms with E-state index in [1.54, 1.807) is 18.2 Å². The van der Waals surface area contributed by atoms with Crippen molar-refractivity contribution in [1.29, 1.82) is 0 Å². The van der Waals surface area contributed by atoms with E-state index in [1.807, 2.05) is 44.2 Å². The van der Waals surface area contributed by atoms with Crippen molar-refractivity contribution in [1.82, 2.24) is 4.98 Å². The molecule has 0 saturated heterocycles. The Morgan fingerprint density at radius 1 is 1.09 bits per heavy atom. The van der Waals surface area contributed by atoms with Gasteiger partial charge in [0.2, 0.25) is 0 Å². The number of nitrogens with one attached hydrogen (secondary N) is 1. The lowest BCUT2D eigenvalue weighted by Crippen LogP contribution is -2.33. The molecular formula is C18H19N2O3+. The van der Waals surface area contributed by atoms with Gasteiger partial charge in [-0.15, -0.1) is 0 Å². The smallest absolute Gasteiger partial charge is 0.326 e. The fourth-order valence-electron chi connectivity index (χ4n) is 2.55. The molecule has 0 saturated carbocycles. The van der Waals surface area contributed by atoms with Crippen molar-refractivity contribution < 1.29 is 19.8 Å². The van der Waals surface area contributed by atoms with E-state index in [9.17, 15) is 10.3 Å². The van der Waals surface area contributed by atoms with Gasteiger partial charge in [-0.2, -0.15) is 0 Å². The molecule has 0 bridgehead atoms. The van der Waals surface area contributed by atoms with E-state index in [2.05, 4.69) is 4.98 Å². The molecule has 0 atom stereocenters. The van der Waals surface area contributed by atoms with Gasteiger partial charge in [-0.3, -0.25) is 0 Å². The van der Waals surface area contributed by atoms with Gasteiger partial charge < -0.3 is 15.1 Å². The van der Waals surface area contributed by atoms with E-state index >= 15 is 0 Å². The molecule has 0 radical (unpaired) electrons. The van der Waals surface area contributed by atoms with Crippen LogP contribution in [0.4, 0.5) is 0 Å². The highest BCUT2D eigenvalue weighted by Crippen LogP contribution is 2.31. The van der Waals surface area contributed by atoms with Gasteiger partial charge in [0, 0.05) is 12.5 Å². The Balaban J connectivity index is 2.10. The summed E-state index contributed by atoms with van der Waals surface area (Å²) in [7, 11) is 0. The number of nitrogens with zero attached hydrogens (tertiary/aromatic N) is 1. The molecule has 3 aromatic rings. The first kappa shape index (κ1) is 15.0. The average Bonchev–Trinajstić information content (AvgIpc) is 2.87. The Morgan fingerprint density at radius 3 is 2.52 bits per heavy atom. The van der Waals surface area contributed by atoms with Crippen molar-refractivity contribution in [3.05, 3.63) is 54.2 Å². The van der Waals surface area contributed by atoms with Gasteiger partial charge >= 0.3 is 5.82 Å². The zero-order chi connectivity index (χ0) is 16.4. The number of aromatic hydroxyl groups is 1. The van der Waals surface area contributed by atoms with Gasteiger partial charge in [0.15, 0.2) is 22.9 Å². The molecule has 5 heteroatoms. The molecule has 118 valence electrons. The molecular weight excluding hydrogens is 292 g/mol. The minimum atomic E-state index is 0.0756. The van der Waals surface area contributed by atoms with E-state index < -0.39 is 0 Å². The number of phenolic OH excluding ortho intramolecular Hbond substituents is 1. The first-order valence-electron chi connectivity index (χ1n) is 7.47. The largest absolute Gasteiger partial charge is 0.504 e. The van der Waals surface area contributed by atoms with Gasteiger partial charge in [0.25, 0.3) is 0 Å². The van der Waals surface area contributed by atoms with E-state index in [1.165, 1.54) is 0 Å². The second-order valence-corrected chi connectivity index (χ2v) is 5.23. The molecule has 1 aromatic heterocycles. The van der Waals surface area contributed by atoms with Crippen LogP contribution >= 0.6 is 0 Å². The molecule has 0 fully saturated rings. The summed E-state index contributed by atoms with van der Waals surface area (Å²) in [4.78, 5) is 3.25. The van der Waals surface area contributed by atoms with Crippen LogP contribution in [-0.2, 0) is 0 Å². The number of hydrogen-bond acceptors (Lipinski definition) is 3. The van der Waals surface area contributed by atoms with Crippen LogP contribution in [0.25, 0.3) is 22.6 Å². The molecule has 0 aliphatic carbocycles. The third kappa shape index (κ3) is 2.73. The van der Waals surface area contributed by atoms with Crippen LogP contribution in [0.2, 0.25) is 0 Å². The van der Waals surface area contributed by atoms with E-state index in [-0.39, 0.29) is 5.75 Å². The Hall–Kier alpha value is -2.95. The van der Waals surface area contributed by atoms with E-state index in [0.717, 1.165) is 21.6 Å². The number of aromatic amines is 1. The van der Waals surface area contributed by atoms with Crippen LogP contribution in [0.1, 0.15) is 12.6 Å². The third-order valence-electron chi connectivity index (χ3n) is 3.73. The van der Waals surface area contributed by atoms with Gasteiger partial charge in [0.05, 0.1) is 12.2 Å². The van der Waals surface area contributed by atoms with Gasteiger partial charge in [-0.05, 0) is 29.9 Å². The second-order valence-electron chi connectivity index (χ2n) is 5.23.